The number of aldehydes is 1. The highest BCUT2D eigenvalue weighted by Crippen LogP contribution is 2.49. The zero-order chi connectivity index (χ0) is 28.1. The molecule has 0 fully saturated rings. The molecule has 2 amide bonds. The molecule has 0 N–H and O–H groups in total. The van der Waals surface area contributed by atoms with Crippen molar-refractivity contribution < 1.29 is 14.4 Å². The highest BCUT2D eigenvalue weighted by Gasteiger charge is 2.50. The fourth-order valence-electron chi connectivity index (χ4n) is 5.59. The number of rotatable bonds is 15. The quantitative estimate of drug-likeness (QED) is 0.185. The Kier molecular flexibility index (Phi) is 10.4. The lowest BCUT2D eigenvalue weighted by molar-refractivity contribution is -0.124. The zero-order valence-corrected chi connectivity index (χ0v) is 26.6. The molecule has 0 bridgehead atoms. The van der Waals surface area contributed by atoms with E-state index in [1.807, 2.05) is 28.0 Å². The van der Waals surface area contributed by atoms with Gasteiger partial charge in [0.1, 0.15) is 0 Å². The van der Waals surface area contributed by atoms with E-state index >= 15 is 0 Å². The van der Waals surface area contributed by atoms with Crippen LogP contribution in [0.4, 0.5) is 0 Å². The van der Waals surface area contributed by atoms with Crippen molar-refractivity contribution in [1.29, 1.82) is 0 Å². The third-order valence-electron chi connectivity index (χ3n) is 7.93. The second kappa shape index (κ2) is 13.6. The number of hydrogen-bond acceptors (Lipinski definition) is 5. The molecule has 4 rings (SSSR count). The fraction of sp³-hybridized carbons (Fsp3) is 0.516. The van der Waals surface area contributed by atoms with E-state index in [2.05, 4.69) is 43.6 Å². The molecule has 0 aliphatic carbocycles. The predicted molar refractivity (Wildman–Crippen MR) is 166 cm³/mol. The molecule has 2 atom stereocenters. The summed E-state index contributed by atoms with van der Waals surface area (Å²) in [6.07, 6.45) is 9.35. The molecule has 0 aromatic carbocycles. The van der Waals surface area contributed by atoms with Gasteiger partial charge < -0.3 is 9.80 Å². The molecule has 2 aliphatic rings. The van der Waals surface area contributed by atoms with E-state index in [1.165, 1.54) is 11.3 Å². The van der Waals surface area contributed by atoms with E-state index in [-0.39, 0.29) is 11.8 Å². The topological polar surface area (TPSA) is 57.7 Å². The molecular formula is C31H39BrN2O3S2. The number of carbonyl (C=O) groups excluding carboxylic acids is 3. The van der Waals surface area contributed by atoms with Gasteiger partial charge in [-0.25, -0.2) is 0 Å². The smallest absolute Gasteiger partial charge is 0.261 e. The van der Waals surface area contributed by atoms with Crippen molar-refractivity contribution in [3.63, 3.8) is 0 Å². The number of amides is 2. The maximum atomic E-state index is 14.4. The Bertz CT molecular complexity index is 1270. The highest BCUT2D eigenvalue weighted by molar-refractivity contribution is 9.11. The van der Waals surface area contributed by atoms with Crippen LogP contribution in [0.5, 0.6) is 0 Å². The van der Waals surface area contributed by atoms with Gasteiger partial charge in [0.25, 0.3) is 11.8 Å². The summed E-state index contributed by atoms with van der Waals surface area (Å²) in [6.45, 7) is 9.91. The van der Waals surface area contributed by atoms with Crippen LogP contribution in [0.25, 0.3) is 11.4 Å². The summed E-state index contributed by atoms with van der Waals surface area (Å²) in [7, 11) is 0. The molecule has 0 saturated carbocycles. The normalized spacial score (nSPS) is 17.1. The minimum atomic E-state index is -0.0898. The summed E-state index contributed by atoms with van der Waals surface area (Å²) in [6, 6.07) is 7.67. The summed E-state index contributed by atoms with van der Waals surface area (Å²) < 4.78 is 0.968. The zero-order valence-electron chi connectivity index (χ0n) is 23.4. The lowest BCUT2D eigenvalue weighted by Crippen LogP contribution is -2.34. The van der Waals surface area contributed by atoms with E-state index < -0.39 is 0 Å². The molecule has 0 spiro atoms. The van der Waals surface area contributed by atoms with Crippen LogP contribution in [0.1, 0.15) is 98.5 Å². The summed E-state index contributed by atoms with van der Waals surface area (Å²) in [5.74, 6) is 0.531. The van der Waals surface area contributed by atoms with Crippen LogP contribution in [-0.4, -0.2) is 41.0 Å². The van der Waals surface area contributed by atoms with Crippen molar-refractivity contribution in [2.75, 3.05) is 13.1 Å². The van der Waals surface area contributed by atoms with Crippen LogP contribution in [-0.2, 0) is 9.59 Å². The van der Waals surface area contributed by atoms with Gasteiger partial charge in [-0.2, -0.15) is 0 Å². The first-order valence-corrected chi connectivity index (χ1v) is 16.7. The largest absolute Gasteiger partial charge is 0.306 e. The predicted octanol–water partition coefficient (Wildman–Crippen LogP) is 8.62. The molecule has 4 heterocycles. The number of halogens is 1. The van der Waals surface area contributed by atoms with Gasteiger partial charge in [0.05, 0.1) is 41.0 Å². The van der Waals surface area contributed by atoms with Crippen molar-refractivity contribution in [3.8, 4) is 0 Å². The molecule has 8 heteroatoms. The first-order chi connectivity index (χ1) is 18.9. The first-order valence-electron chi connectivity index (χ1n) is 14.3. The van der Waals surface area contributed by atoms with Gasteiger partial charge in [0.15, 0.2) is 6.29 Å². The maximum absolute atomic E-state index is 14.4. The van der Waals surface area contributed by atoms with Gasteiger partial charge in [-0.3, -0.25) is 14.4 Å². The van der Waals surface area contributed by atoms with Gasteiger partial charge in [0.2, 0.25) is 0 Å². The Hall–Kier alpha value is -2.03. The van der Waals surface area contributed by atoms with Crippen molar-refractivity contribution >= 4 is 68.1 Å². The van der Waals surface area contributed by atoms with Crippen molar-refractivity contribution in [2.24, 2.45) is 11.8 Å². The third-order valence-corrected chi connectivity index (χ3v) is 10.6. The van der Waals surface area contributed by atoms with Gasteiger partial charge in [-0.05, 0) is 64.9 Å². The van der Waals surface area contributed by atoms with E-state index in [9.17, 15) is 14.4 Å². The Balaban J connectivity index is 1.87. The summed E-state index contributed by atoms with van der Waals surface area (Å²) in [5, 5.41) is 0. The Morgan fingerprint density at radius 3 is 1.64 bits per heavy atom. The molecule has 0 radical (unpaired) electrons. The Morgan fingerprint density at radius 2 is 1.26 bits per heavy atom. The standard InChI is InChI=1S/C31H39BrN2O3S2/c1-5-9-11-20(7-3)17-33-28(23-14-13-22(19-35)38-23)26-27(31(33)37)29(24-15-16-25(32)39-24)34(30(26)36)18-21(8-4)12-10-6-2/h13-16,19-21H,5-12,17-18H2,1-4H3. The second-order valence-electron chi connectivity index (χ2n) is 10.5. The number of fused-ring (bicyclic) bond motifs is 1. The summed E-state index contributed by atoms with van der Waals surface area (Å²) >= 11 is 6.50. The van der Waals surface area contributed by atoms with E-state index in [4.69, 9.17) is 0 Å². The number of thiophene rings is 2. The number of carbonyl (C=O) groups is 3. The van der Waals surface area contributed by atoms with Crippen LogP contribution in [0.3, 0.4) is 0 Å². The van der Waals surface area contributed by atoms with Crippen LogP contribution < -0.4 is 0 Å². The van der Waals surface area contributed by atoms with Crippen molar-refractivity contribution in [1.82, 2.24) is 9.80 Å². The highest BCUT2D eigenvalue weighted by atomic mass is 79.9. The second-order valence-corrected chi connectivity index (χ2v) is 14.1. The van der Waals surface area contributed by atoms with Crippen LogP contribution >= 0.6 is 38.6 Å². The third kappa shape index (κ3) is 6.18. The molecule has 2 aromatic rings. The van der Waals surface area contributed by atoms with Crippen LogP contribution in [0.2, 0.25) is 0 Å². The summed E-state index contributed by atoms with van der Waals surface area (Å²) in [5.41, 5.74) is 2.47. The Morgan fingerprint density at radius 1 is 0.769 bits per heavy atom. The van der Waals surface area contributed by atoms with Crippen molar-refractivity contribution in [3.05, 3.63) is 53.8 Å². The average molecular weight is 632 g/mol. The molecule has 2 aliphatic heterocycles. The lowest BCUT2D eigenvalue weighted by Gasteiger charge is -2.29. The molecule has 5 nitrogen and oxygen atoms in total. The van der Waals surface area contributed by atoms with Gasteiger partial charge in [0, 0.05) is 13.1 Å². The van der Waals surface area contributed by atoms with Crippen molar-refractivity contribution in [2.45, 2.75) is 79.1 Å². The molecule has 2 aromatic heterocycles. The maximum Gasteiger partial charge on any atom is 0.261 e. The minimum absolute atomic E-state index is 0.0898. The fourth-order valence-corrected chi connectivity index (χ4v) is 7.92. The van der Waals surface area contributed by atoms with Gasteiger partial charge in [-0.1, -0.05) is 66.2 Å². The van der Waals surface area contributed by atoms with E-state index in [0.29, 0.717) is 46.6 Å². The van der Waals surface area contributed by atoms with Crippen LogP contribution in [0.15, 0.2) is 39.2 Å². The van der Waals surface area contributed by atoms with E-state index in [1.54, 1.807) is 17.4 Å². The molecule has 210 valence electrons. The number of unbranched alkanes of at least 4 members (excludes halogenated alkanes) is 2. The molecule has 0 saturated heterocycles. The first kappa shape index (κ1) is 29.9. The number of hydrogen-bond donors (Lipinski definition) is 0. The lowest BCUT2D eigenvalue weighted by atomic mass is 9.98. The monoisotopic (exact) mass is 630 g/mol. The molecule has 2 unspecified atom stereocenters. The summed E-state index contributed by atoms with van der Waals surface area (Å²) in [4.78, 5) is 46.3. The SMILES string of the molecule is CCCCC(CC)CN1C(=O)C2=C(c3ccc(C=O)s3)N(CC(CC)CCCC)C(=O)C2=C1c1ccc(Br)s1. The molecule has 39 heavy (non-hydrogen) atoms. The minimum Gasteiger partial charge on any atom is -0.306 e. The van der Waals surface area contributed by atoms with Gasteiger partial charge >= 0.3 is 0 Å². The van der Waals surface area contributed by atoms with Gasteiger partial charge in [-0.15, -0.1) is 22.7 Å². The number of nitrogens with zero attached hydrogens (tertiary/aromatic N) is 2. The Labute approximate surface area is 249 Å². The van der Waals surface area contributed by atoms with E-state index in [0.717, 1.165) is 76.9 Å². The molecular weight excluding hydrogens is 592 g/mol. The van der Waals surface area contributed by atoms with Crippen LogP contribution in [0, 0.1) is 11.8 Å². The average Bonchev–Trinajstić information content (AvgIpc) is 3.70.